The van der Waals surface area contributed by atoms with Gasteiger partial charge in [-0.25, -0.2) is 0 Å². The predicted molar refractivity (Wildman–Crippen MR) is 119 cm³/mol. The molecule has 0 fully saturated rings. The molecule has 0 aliphatic carbocycles. The van der Waals surface area contributed by atoms with E-state index >= 15 is 0 Å². The van der Waals surface area contributed by atoms with E-state index in [1.54, 1.807) is 4.90 Å². The first kappa shape index (κ1) is 22.7. The lowest BCUT2D eigenvalue weighted by atomic mass is 10.0. The highest BCUT2D eigenvalue weighted by atomic mass is 16.2. The number of hydrogen-bond acceptors (Lipinski definition) is 2. The Bertz CT molecular complexity index is 829. The van der Waals surface area contributed by atoms with E-state index in [0.29, 0.717) is 31.8 Å². The van der Waals surface area contributed by atoms with Crippen molar-refractivity contribution in [1.82, 2.24) is 10.2 Å². The summed E-state index contributed by atoms with van der Waals surface area (Å²) >= 11 is 0. The van der Waals surface area contributed by atoms with Crippen LogP contribution in [0.15, 0.2) is 48.5 Å². The van der Waals surface area contributed by atoms with E-state index in [1.165, 1.54) is 0 Å². The second-order valence-electron chi connectivity index (χ2n) is 8.18. The highest BCUT2D eigenvalue weighted by molar-refractivity contribution is 5.88. The van der Waals surface area contributed by atoms with Crippen molar-refractivity contribution in [3.8, 4) is 0 Å². The first-order valence-corrected chi connectivity index (χ1v) is 10.5. The Morgan fingerprint density at radius 1 is 1.03 bits per heavy atom. The van der Waals surface area contributed by atoms with Crippen LogP contribution in [0, 0.1) is 19.8 Å². The highest BCUT2D eigenvalue weighted by Crippen LogP contribution is 2.17. The van der Waals surface area contributed by atoms with E-state index < -0.39 is 6.04 Å². The molecule has 0 radical (unpaired) electrons. The molecule has 0 aliphatic rings. The maximum absolute atomic E-state index is 13.3. The van der Waals surface area contributed by atoms with Gasteiger partial charge < -0.3 is 10.2 Å². The smallest absolute Gasteiger partial charge is 0.242 e. The van der Waals surface area contributed by atoms with Crippen molar-refractivity contribution in [3.05, 3.63) is 70.8 Å². The van der Waals surface area contributed by atoms with Crippen LogP contribution < -0.4 is 5.32 Å². The Kier molecular flexibility index (Phi) is 8.44. The van der Waals surface area contributed by atoms with Gasteiger partial charge in [0.2, 0.25) is 11.8 Å². The number of nitrogens with zero attached hydrogens (tertiary/aromatic N) is 1. The minimum absolute atomic E-state index is 0.0210. The van der Waals surface area contributed by atoms with Crippen LogP contribution >= 0.6 is 0 Å². The summed E-state index contributed by atoms with van der Waals surface area (Å²) in [6, 6.07) is 15.6. The fraction of sp³-hybridized carbons (Fsp3) is 0.440. The van der Waals surface area contributed by atoms with Gasteiger partial charge in [-0.2, -0.15) is 0 Å². The summed E-state index contributed by atoms with van der Waals surface area (Å²) in [6.07, 6.45) is 0.877. The summed E-state index contributed by atoms with van der Waals surface area (Å²) in [6.45, 7) is 11.2. The second kappa shape index (κ2) is 10.8. The predicted octanol–water partition coefficient (Wildman–Crippen LogP) is 4.43. The van der Waals surface area contributed by atoms with Gasteiger partial charge in [-0.3, -0.25) is 9.59 Å². The third-order valence-electron chi connectivity index (χ3n) is 5.11. The first-order valence-electron chi connectivity index (χ1n) is 10.5. The molecule has 0 aliphatic heterocycles. The Morgan fingerprint density at radius 3 is 2.38 bits per heavy atom. The molecule has 0 heterocycles. The largest absolute Gasteiger partial charge is 0.354 e. The number of aryl methyl sites for hydroxylation is 2. The molecule has 156 valence electrons. The fourth-order valence-corrected chi connectivity index (χ4v) is 3.42. The molecule has 2 rings (SSSR count). The molecule has 2 aromatic carbocycles. The highest BCUT2D eigenvalue weighted by Gasteiger charge is 2.28. The van der Waals surface area contributed by atoms with Gasteiger partial charge >= 0.3 is 0 Å². The SMILES string of the molecule is CC[C@@H](C(=O)NCC(C)C)N(Cc1cccc(C)c1)C(=O)Cc1ccccc1C. The van der Waals surface area contributed by atoms with Gasteiger partial charge in [0.25, 0.3) is 0 Å². The molecule has 1 N–H and O–H groups in total. The molecule has 0 saturated heterocycles. The van der Waals surface area contributed by atoms with Crippen LogP contribution in [0.25, 0.3) is 0 Å². The molecule has 0 aromatic heterocycles. The maximum atomic E-state index is 13.3. The molecule has 0 unspecified atom stereocenters. The standard InChI is InChI=1S/C25H34N2O2/c1-6-23(25(29)26-16-18(2)3)27(17-21-12-9-10-19(4)14-21)24(28)15-22-13-8-7-11-20(22)5/h7-14,18,23H,6,15-17H2,1-5H3,(H,26,29)/t23-/m0/s1. The molecule has 0 saturated carbocycles. The van der Waals surface area contributed by atoms with Gasteiger partial charge in [0.05, 0.1) is 6.42 Å². The summed E-state index contributed by atoms with van der Waals surface area (Å²) in [5.74, 6) is 0.267. The number of benzene rings is 2. The zero-order chi connectivity index (χ0) is 21.4. The van der Waals surface area contributed by atoms with Crippen LogP contribution in [0.1, 0.15) is 49.4 Å². The Balaban J connectivity index is 2.29. The number of carbonyl (C=O) groups is 2. The number of hydrogen-bond donors (Lipinski definition) is 1. The van der Waals surface area contributed by atoms with Crippen molar-refractivity contribution in [1.29, 1.82) is 0 Å². The van der Waals surface area contributed by atoms with Crippen molar-refractivity contribution in [2.45, 2.75) is 60.0 Å². The fourth-order valence-electron chi connectivity index (χ4n) is 3.42. The summed E-state index contributed by atoms with van der Waals surface area (Å²) in [5, 5.41) is 3.01. The Hall–Kier alpha value is -2.62. The average Bonchev–Trinajstić information content (AvgIpc) is 2.68. The molecule has 0 spiro atoms. The number of carbonyl (C=O) groups excluding carboxylic acids is 2. The maximum Gasteiger partial charge on any atom is 0.242 e. The lowest BCUT2D eigenvalue weighted by Crippen LogP contribution is -2.50. The van der Waals surface area contributed by atoms with E-state index in [2.05, 4.69) is 25.2 Å². The van der Waals surface area contributed by atoms with Gasteiger partial charge in [0.1, 0.15) is 6.04 Å². The molecule has 29 heavy (non-hydrogen) atoms. The summed E-state index contributed by atoms with van der Waals surface area (Å²) in [4.78, 5) is 28.0. The third kappa shape index (κ3) is 6.74. The van der Waals surface area contributed by atoms with Gasteiger partial charge in [0, 0.05) is 13.1 Å². The molecule has 2 aromatic rings. The first-order chi connectivity index (χ1) is 13.8. The second-order valence-corrected chi connectivity index (χ2v) is 8.18. The van der Waals surface area contributed by atoms with Gasteiger partial charge in [-0.05, 0) is 42.9 Å². The lowest BCUT2D eigenvalue weighted by molar-refractivity contribution is -0.141. The van der Waals surface area contributed by atoms with Crippen molar-refractivity contribution in [3.63, 3.8) is 0 Å². The van der Waals surface area contributed by atoms with Crippen molar-refractivity contribution in [2.75, 3.05) is 6.54 Å². The molecular weight excluding hydrogens is 360 g/mol. The van der Waals surface area contributed by atoms with E-state index in [9.17, 15) is 9.59 Å². The van der Waals surface area contributed by atoms with Crippen LogP contribution in [0.2, 0.25) is 0 Å². The van der Waals surface area contributed by atoms with E-state index in [4.69, 9.17) is 0 Å². The molecular formula is C25H34N2O2. The molecule has 4 nitrogen and oxygen atoms in total. The van der Waals surface area contributed by atoms with Gasteiger partial charge in [-0.15, -0.1) is 0 Å². The van der Waals surface area contributed by atoms with Crippen molar-refractivity contribution in [2.24, 2.45) is 5.92 Å². The van der Waals surface area contributed by atoms with Gasteiger partial charge in [-0.1, -0.05) is 74.9 Å². The number of amides is 2. The lowest BCUT2D eigenvalue weighted by Gasteiger charge is -2.31. The van der Waals surface area contributed by atoms with E-state index in [1.807, 2.05) is 63.2 Å². The zero-order valence-electron chi connectivity index (χ0n) is 18.4. The van der Waals surface area contributed by atoms with Crippen LogP contribution in [0.4, 0.5) is 0 Å². The van der Waals surface area contributed by atoms with Gasteiger partial charge in [0.15, 0.2) is 0 Å². The van der Waals surface area contributed by atoms with Crippen LogP contribution in [0.3, 0.4) is 0 Å². The molecule has 4 heteroatoms. The molecule has 2 amide bonds. The quantitative estimate of drug-likeness (QED) is 0.684. The minimum Gasteiger partial charge on any atom is -0.354 e. The Morgan fingerprint density at radius 2 is 1.76 bits per heavy atom. The number of nitrogens with one attached hydrogen (secondary N) is 1. The van der Waals surface area contributed by atoms with E-state index in [0.717, 1.165) is 22.3 Å². The van der Waals surface area contributed by atoms with Crippen LogP contribution in [-0.4, -0.2) is 29.3 Å². The summed E-state index contributed by atoms with van der Waals surface area (Å²) < 4.78 is 0. The molecule has 0 bridgehead atoms. The normalized spacial score (nSPS) is 11.9. The van der Waals surface area contributed by atoms with Crippen molar-refractivity contribution >= 4 is 11.8 Å². The van der Waals surface area contributed by atoms with Crippen molar-refractivity contribution < 1.29 is 9.59 Å². The minimum atomic E-state index is -0.481. The summed E-state index contributed by atoms with van der Waals surface area (Å²) in [5.41, 5.74) is 4.28. The Labute approximate surface area is 175 Å². The van der Waals surface area contributed by atoms with Crippen LogP contribution in [-0.2, 0) is 22.6 Å². The van der Waals surface area contributed by atoms with Crippen LogP contribution in [0.5, 0.6) is 0 Å². The number of rotatable bonds is 9. The monoisotopic (exact) mass is 394 g/mol. The molecule has 1 atom stereocenters. The van der Waals surface area contributed by atoms with E-state index in [-0.39, 0.29) is 11.8 Å². The average molecular weight is 395 g/mol. The summed E-state index contributed by atoms with van der Waals surface area (Å²) in [7, 11) is 0. The zero-order valence-corrected chi connectivity index (χ0v) is 18.4. The topological polar surface area (TPSA) is 49.4 Å². The third-order valence-corrected chi connectivity index (χ3v) is 5.11.